The Kier molecular flexibility index (Phi) is 5.34. The maximum atomic E-state index is 12.3. The Balaban J connectivity index is 2.10. The van der Waals surface area contributed by atoms with Crippen molar-refractivity contribution in [3.8, 4) is 5.75 Å². The molecular weight excluding hydrogens is 312 g/mol. The van der Waals surface area contributed by atoms with Crippen LogP contribution in [0.3, 0.4) is 0 Å². The molecule has 1 aliphatic rings. The van der Waals surface area contributed by atoms with Gasteiger partial charge in [0.1, 0.15) is 5.75 Å². The molecule has 1 fully saturated rings. The van der Waals surface area contributed by atoms with Gasteiger partial charge in [-0.25, -0.2) is 4.83 Å². The SMILES string of the molecule is CCOc1ccc(S(=O)(=O)NN=C2CC(C)CC(C)(C)C2)cc1. The van der Waals surface area contributed by atoms with E-state index in [1.54, 1.807) is 12.1 Å². The number of hydrogen-bond acceptors (Lipinski definition) is 4. The predicted molar refractivity (Wildman–Crippen MR) is 92.2 cm³/mol. The highest BCUT2D eigenvalue weighted by Gasteiger charge is 2.29. The van der Waals surface area contributed by atoms with Crippen molar-refractivity contribution in [1.82, 2.24) is 4.83 Å². The number of nitrogens with one attached hydrogen (secondary N) is 1. The van der Waals surface area contributed by atoms with E-state index in [9.17, 15) is 8.42 Å². The smallest absolute Gasteiger partial charge is 0.276 e. The number of rotatable bonds is 5. The molecule has 128 valence electrons. The summed E-state index contributed by atoms with van der Waals surface area (Å²) in [5.41, 5.74) is 1.09. The van der Waals surface area contributed by atoms with Crippen molar-refractivity contribution in [2.75, 3.05) is 6.61 Å². The second kappa shape index (κ2) is 6.91. The Morgan fingerprint density at radius 2 is 1.96 bits per heavy atom. The Hall–Kier alpha value is -1.56. The first-order chi connectivity index (χ1) is 10.7. The molecule has 1 aromatic carbocycles. The highest BCUT2D eigenvalue weighted by molar-refractivity contribution is 7.89. The van der Waals surface area contributed by atoms with E-state index in [1.165, 1.54) is 12.1 Å². The van der Waals surface area contributed by atoms with Gasteiger partial charge in [0.2, 0.25) is 0 Å². The van der Waals surface area contributed by atoms with E-state index < -0.39 is 10.0 Å². The van der Waals surface area contributed by atoms with Gasteiger partial charge in [0.25, 0.3) is 10.0 Å². The van der Waals surface area contributed by atoms with Crippen LogP contribution in [0.5, 0.6) is 5.75 Å². The molecule has 0 spiro atoms. The molecule has 23 heavy (non-hydrogen) atoms. The van der Waals surface area contributed by atoms with Crippen LogP contribution in [0.2, 0.25) is 0 Å². The standard InChI is InChI=1S/C17H26N2O3S/c1-5-22-15-6-8-16(9-7-15)23(20,21)19-18-14-10-13(2)11-17(3,4)12-14/h6-9,13,19H,5,10-12H2,1-4H3. The minimum atomic E-state index is -3.64. The number of nitrogens with zero attached hydrogens (tertiary/aromatic N) is 1. The summed E-state index contributed by atoms with van der Waals surface area (Å²) in [6.07, 6.45) is 2.80. The third-order valence-electron chi connectivity index (χ3n) is 3.94. The zero-order valence-corrected chi connectivity index (χ0v) is 15.1. The number of benzene rings is 1. The second-order valence-corrected chi connectivity index (χ2v) is 8.69. The quantitative estimate of drug-likeness (QED) is 0.835. The van der Waals surface area contributed by atoms with Crippen LogP contribution in [-0.4, -0.2) is 20.7 Å². The fourth-order valence-corrected chi connectivity index (χ4v) is 4.11. The normalized spacial score (nSPS) is 22.8. The van der Waals surface area contributed by atoms with Crippen molar-refractivity contribution in [2.24, 2.45) is 16.4 Å². The fourth-order valence-electron chi connectivity index (χ4n) is 3.26. The Labute approximate surface area is 139 Å². The second-order valence-electron chi connectivity index (χ2n) is 7.03. The average Bonchev–Trinajstić information content (AvgIpc) is 2.44. The van der Waals surface area contributed by atoms with E-state index in [0.717, 1.165) is 25.0 Å². The molecule has 1 atom stereocenters. The molecule has 0 bridgehead atoms. The van der Waals surface area contributed by atoms with Crippen molar-refractivity contribution in [3.63, 3.8) is 0 Å². The van der Waals surface area contributed by atoms with Gasteiger partial charge < -0.3 is 4.74 Å². The Morgan fingerprint density at radius 1 is 1.30 bits per heavy atom. The molecule has 1 N–H and O–H groups in total. The summed E-state index contributed by atoms with van der Waals surface area (Å²) in [4.78, 5) is 2.56. The highest BCUT2D eigenvalue weighted by Crippen LogP contribution is 2.36. The van der Waals surface area contributed by atoms with Crippen LogP contribution >= 0.6 is 0 Å². The number of hydrazone groups is 1. The van der Waals surface area contributed by atoms with Gasteiger partial charge in [-0.1, -0.05) is 20.8 Å². The van der Waals surface area contributed by atoms with Crippen LogP contribution in [0.25, 0.3) is 0 Å². The summed E-state index contributed by atoms with van der Waals surface area (Å²) in [5.74, 6) is 1.17. The summed E-state index contributed by atoms with van der Waals surface area (Å²) < 4.78 is 30.0. The third-order valence-corrected chi connectivity index (χ3v) is 5.16. The summed E-state index contributed by atoms with van der Waals surface area (Å²) >= 11 is 0. The molecule has 0 aromatic heterocycles. The topological polar surface area (TPSA) is 67.8 Å². The van der Waals surface area contributed by atoms with Crippen LogP contribution < -0.4 is 9.57 Å². The molecule has 0 aliphatic heterocycles. The van der Waals surface area contributed by atoms with Crippen LogP contribution in [-0.2, 0) is 10.0 Å². The van der Waals surface area contributed by atoms with Gasteiger partial charge in [-0.15, -0.1) is 0 Å². The van der Waals surface area contributed by atoms with Gasteiger partial charge in [-0.2, -0.15) is 13.5 Å². The first-order valence-electron chi connectivity index (χ1n) is 8.02. The van der Waals surface area contributed by atoms with Gasteiger partial charge in [0.05, 0.1) is 11.5 Å². The summed E-state index contributed by atoms with van der Waals surface area (Å²) in [6, 6.07) is 6.36. The maximum absolute atomic E-state index is 12.3. The number of sulfonamides is 1. The van der Waals surface area contributed by atoms with Crippen LogP contribution in [0.15, 0.2) is 34.3 Å². The third kappa shape index (κ3) is 4.96. The van der Waals surface area contributed by atoms with E-state index in [-0.39, 0.29) is 10.3 Å². The minimum absolute atomic E-state index is 0.168. The van der Waals surface area contributed by atoms with E-state index in [4.69, 9.17) is 4.74 Å². The number of ether oxygens (including phenoxy) is 1. The van der Waals surface area contributed by atoms with Crippen LogP contribution in [0.1, 0.15) is 47.0 Å². The lowest BCUT2D eigenvalue weighted by atomic mass is 9.72. The summed E-state index contributed by atoms with van der Waals surface area (Å²) in [5, 5.41) is 4.18. The van der Waals surface area contributed by atoms with E-state index in [1.807, 2.05) is 6.92 Å². The Bertz CT molecular complexity index is 664. The van der Waals surface area contributed by atoms with E-state index >= 15 is 0 Å². The lowest BCUT2D eigenvalue weighted by molar-refractivity contribution is 0.265. The van der Waals surface area contributed by atoms with Gasteiger partial charge >= 0.3 is 0 Å². The van der Waals surface area contributed by atoms with Crippen molar-refractivity contribution >= 4 is 15.7 Å². The molecule has 1 aliphatic carbocycles. The van der Waals surface area contributed by atoms with Gasteiger partial charge in [-0.3, -0.25) is 0 Å². The highest BCUT2D eigenvalue weighted by atomic mass is 32.2. The lowest BCUT2D eigenvalue weighted by Gasteiger charge is -2.34. The lowest BCUT2D eigenvalue weighted by Crippen LogP contribution is -2.30. The van der Waals surface area contributed by atoms with Crippen molar-refractivity contribution in [1.29, 1.82) is 0 Å². The molecule has 1 saturated carbocycles. The molecule has 5 nitrogen and oxygen atoms in total. The molecule has 0 heterocycles. The molecular formula is C17H26N2O3S. The number of hydrogen-bond donors (Lipinski definition) is 1. The summed E-state index contributed by atoms with van der Waals surface area (Å²) in [6.45, 7) is 9.00. The molecule has 1 unspecified atom stereocenters. The Morgan fingerprint density at radius 3 is 2.52 bits per heavy atom. The molecule has 0 saturated heterocycles. The zero-order chi connectivity index (χ0) is 17.1. The van der Waals surface area contributed by atoms with Crippen LogP contribution in [0.4, 0.5) is 0 Å². The molecule has 0 radical (unpaired) electrons. The molecule has 6 heteroatoms. The van der Waals surface area contributed by atoms with Gasteiger partial charge in [0.15, 0.2) is 0 Å². The largest absolute Gasteiger partial charge is 0.494 e. The van der Waals surface area contributed by atoms with E-state index in [0.29, 0.717) is 18.3 Å². The minimum Gasteiger partial charge on any atom is -0.494 e. The molecule has 0 amide bonds. The first kappa shape index (κ1) is 17.8. The van der Waals surface area contributed by atoms with Crippen molar-refractivity contribution in [3.05, 3.63) is 24.3 Å². The van der Waals surface area contributed by atoms with Crippen LogP contribution in [0, 0.1) is 11.3 Å². The summed E-state index contributed by atoms with van der Waals surface area (Å²) in [7, 11) is -3.64. The predicted octanol–water partition coefficient (Wildman–Crippen LogP) is 3.57. The van der Waals surface area contributed by atoms with Crippen molar-refractivity contribution in [2.45, 2.75) is 51.9 Å². The molecule has 1 aromatic rings. The van der Waals surface area contributed by atoms with Crippen molar-refractivity contribution < 1.29 is 13.2 Å². The van der Waals surface area contributed by atoms with Gasteiger partial charge in [-0.05, 0) is 61.8 Å². The first-order valence-corrected chi connectivity index (χ1v) is 9.50. The fraction of sp³-hybridized carbons (Fsp3) is 0.588. The zero-order valence-electron chi connectivity index (χ0n) is 14.3. The average molecular weight is 338 g/mol. The monoisotopic (exact) mass is 338 g/mol. The molecule has 2 rings (SSSR count). The maximum Gasteiger partial charge on any atom is 0.276 e. The van der Waals surface area contributed by atoms with Gasteiger partial charge in [0, 0.05) is 5.71 Å². The van der Waals surface area contributed by atoms with E-state index in [2.05, 4.69) is 30.7 Å².